The summed E-state index contributed by atoms with van der Waals surface area (Å²) in [7, 11) is 3.43. The van der Waals surface area contributed by atoms with Crippen LogP contribution in [-0.2, 0) is 9.53 Å². The van der Waals surface area contributed by atoms with Crippen LogP contribution in [0.1, 0.15) is 42.4 Å². The van der Waals surface area contributed by atoms with E-state index in [4.69, 9.17) is 4.74 Å². The molecule has 4 rings (SSSR count). The van der Waals surface area contributed by atoms with E-state index in [1.165, 1.54) is 17.7 Å². The summed E-state index contributed by atoms with van der Waals surface area (Å²) in [6.45, 7) is 3.01. The Morgan fingerprint density at radius 1 is 1.25 bits per heavy atom. The molecule has 2 aliphatic rings. The number of para-hydroxylation sites is 1. The Balaban J connectivity index is 1.44. The lowest BCUT2D eigenvalue weighted by atomic mass is 9.98. The molecule has 2 aromatic carbocycles. The van der Waals surface area contributed by atoms with Gasteiger partial charge in [-0.3, -0.25) is 9.79 Å². The molecule has 2 unspecified atom stereocenters. The van der Waals surface area contributed by atoms with Crippen molar-refractivity contribution in [3.63, 3.8) is 0 Å². The number of hydrogen-bond acceptors (Lipinski definition) is 3. The number of aliphatic imine (C=N–C) groups is 1. The van der Waals surface area contributed by atoms with Crippen LogP contribution in [-0.4, -0.2) is 57.1 Å². The molecular weight excluding hydrogens is 407 g/mol. The molecule has 0 bridgehead atoms. The summed E-state index contributed by atoms with van der Waals surface area (Å²) >= 11 is 0. The van der Waals surface area contributed by atoms with E-state index in [9.17, 15) is 9.18 Å². The zero-order valence-corrected chi connectivity index (χ0v) is 18.8. The maximum Gasteiger partial charge on any atom is 0.222 e. The Morgan fingerprint density at radius 2 is 2.03 bits per heavy atom. The molecule has 1 fully saturated rings. The largest absolute Gasteiger partial charge is 0.375 e. The van der Waals surface area contributed by atoms with Crippen molar-refractivity contribution in [1.29, 1.82) is 0 Å². The number of hydrogen-bond donors (Lipinski definition) is 1. The molecule has 0 spiro atoms. The van der Waals surface area contributed by atoms with Gasteiger partial charge in [0.05, 0.1) is 6.10 Å². The molecule has 0 aromatic heterocycles. The van der Waals surface area contributed by atoms with Gasteiger partial charge in [0.15, 0.2) is 5.96 Å². The van der Waals surface area contributed by atoms with Crippen LogP contribution in [0, 0.1) is 5.82 Å². The number of fused-ring (bicyclic) bond motifs is 1. The number of halogens is 1. The Bertz CT molecular complexity index is 963. The lowest BCUT2D eigenvalue weighted by Gasteiger charge is -2.25. The van der Waals surface area contributed by atoms with Gasteiger partial charge in [0.25, 0.3) is 0 Å². The highest BCUT2D eigenvalue weighted by Gasteiger charge is 2.32. The van der Waals surface area contributed by atoms with E-state index < -0.39 is 0 Å². The third-order valence-electron chi connectivity index (χ3n) is 6.43. The molecule has 0 saturated carbocycles. The Morgan fingerprint density at radius 3 is 2.72 bits per heavy atom. The number of carbonyl (C=O) groups is 1. The van der Waals surface area contributed by atoms with Crippen molar-refractivity contribution in [3.8, 4) is 0 Å². The van der Waals surface area contributed by atoms with Gasteiger partial charge in [0, 0.05) is 58.4 Å². The SMILES string of the molecule is CN=C(NCC(OC)c1ccc(F)cc1)N1CC(CCN2CCCC2=O)c2ccccc21. The van der Waals surface area contributed by atoms with Gasteiger partial charge in [-0.1, -0.05) is 30.3 Å². The van der Waals surface area contributed by atoms with Gasteiger partial charge in [-0.2, -0.15) is 0 Å². The number of rotatable bonds is 7. The number of likely N-dealkylation sites (tertiary alicyclic amines) is 1. The normalized spacial score (nSPS) is 19.4. The lowest BCUT2D eigenvalue weighted by molar-refractivity contribution is -0.127. The number of methoxy groups -OCH3 is 1. The smallest absolute Gasteiger partial charge is 0.222 e. The van der Waals surface area contributed by atoms with Crippen LogP contribution in [0.2, 0.25) is 0 Å². The second-order valence-corrected chi connectivity index (χ2v) is 8.34. The van der Waals surface area contributed by atoms with Gasteiger partial charge in [-0.15, -0.1) is 0 Å². The second-order valence-electron chi connectivity index (χ2n) is 8.34. The first kappa shape index (κ1) is 22.3. The third-order valence-corrected chi connectivity index (χ3v) is 6.43. The summed E-state index contributed by atoms with van der Waals surface area (Å²) in [5.74, 6) is 1.13. The topological polar surface area (TPSA) is 57.2 Å². The molecule has 1 amide bonds. The van der Waals surface area contributed by atoms with Crippen LogP contribution in [0.4, 0.5) is 10.1 Å². The lowest BCUT2D eigenvalue weighted by Crippen LogP contribution is -2.43. The summed E-state index contributed by atoms with van der Waals surface area (Å²) in [6.07, 6.45) is 2.37. The van der Waals surface area contributed by atoms with E-state index in [0.717, 1.165) is 49.7 Å². The molecule has 2 aliphatic heterocycles. The van der Waals surface area contributed by atoms with Crippen molar-refractivity contribution in [2.45, 2.75) is 31.3 Å². The summed E-state index contributed by atoms with van der Waals surface area (Å²) in [5.41, 5.74) is 3.35. The number of nitrogens with zero attached hydrogens (tertiary/aromatic N) is 3. The highest BCUT2D eigenvalue weighted by molar-refractivity contribution is 5.98. The van der Waals surface area contributed by atoms with Gasteiger partial charge >= 0.3 is 0 Å². The van der Waals surface area contributed by atoms with E-state index in [1.54, 1.807) is 26.3 Å². The van der Waals surface area contributed by atoms with Crippen LogP contribution in [0.15, 0.2) is 53.5 Å². The molecule has 1 saturated heterocycles. The van der Waals surface area contributed by atoms with Crippen LogP contribution < -0.4 is 10.2 Å². The Hall–Kier alpha value is -2.93. The first-order chi connectivity index (χ1) is 15.6. The molecule has 6 nitrogen and oxygen atoms in total. The quantitative estimate of drug-likeness (QED) is 0.529. The molecule has 7 heteroatoms. The van der Waals surface area contributed by atoms with Crippen LogP contribution in [0.3, 0.4) is 0 Å². The van der Waals surface area contributed by atoms with Crippen LogP contribution >= 0.6 is 0 Å². The first-order valence-electron chi connectivity index (χ1n) is 11.2. The van der Waals surface area contributed by atoms with Gasteiger partial charge in [-0.05, 0) is 42.2 Å². The van der Waals surface area contributed by atoms with Crippen molar-refractivity contribution in [3.05, 3.63) is 65.5 Å². The predicted molar refractivity (Wildman–Crippen MR) is 124 cm³/mol. The Kier molecular flexibility index (Phi) is 7.05. The first-order valence-corrected chi connectivity index (χ1v) is 11.2. The fraction of sp³-hybridized carbons (Fsp3) is 0.440. The van der Waals surface area contributed by atoms with Crippen molar-refractivity contribution < 1.29 is 13.9 Å². The number of guanidine groups is 1. The molecular formula is C25H31FN4O2. The summed E-state index contributed by atoms with van der Waals surface area (Å²) in [5, 5.41) is 3.43. The van der Waals surface area contributed by atoms with Crippen LogP contribution in [0.25, 0.3) is 0 Å². The van der Waals surface area contributed by atoms with Crippen LogP contribution in [0.5, 0.6) is 0 Å². The summed E-state index contributed by atoms with van der Waals surface area (Å²) in [4.78, 5) is 20.7. The fourth-order valence-corrected chi connectivity index (χ4v) is 4.69. The number of ether oxygens (including phenoxy) is 1. The molecule has 1 N–H and O–H groups in total. The minimum Gasteiger partial charge on any atom is -0.375 e. The highest BCUT2D eigenvalue weighted by Crippen LogP contribution is 2.38. The predicted octanol–water partition coefficient (Wildman–Crippen LogP) is 3.70. The molecule has 2 heterocycles. The van der Waals surface area contributed by atoms with E-state index in [-0.39, 0.29) is 17.8 Å². The third kappa shape index (κ3) is 4.78. The van der Waals surface area contributed by atoms with Crippen molar-refractivity contribution >= 4 is 17.6 Å². The number of amides is 1. The van der Waals surface area contributed by atoms with Crippen molar-refractivity contribution in [2.75, 3.05) is 45.2 Å². The van der Waals surface area contributed by atoms with Crippen molar-refractivity contribution in [1.82, 2.24) is 10.2 Å². The fourth-order valence-electron chi connectivity index (χ4n) is 4.69. The molecule has 2 atom stereocenters. The molecule has 32 heavy (non-hydrogen) atoms. The van der Waals surface area contributed by atoms with E-state index in [0.29, 0.717) is 18.9 Å². The summed E-state index contributed by atoms with van der Waals surface area (Å²) in [6, 6.07) is 14.8. The van der Waals surface area contributed by atoms with E-state index >= 15 is 0 Å². The second kappa shape index (κ2) is 10.1. The maximum absolute atomic E-state index is 13.3. The maximum atomic E-state index is 13.3. The highest BCUT2D eigenvalue weighted by atomic mass is 19.1. The summed E-state index contributed by atoms with van der Waals surface area (Å²) < 4.78 is 18.9. The van der Waals surface area contributed by atoms with Gasteiger partial charge < -0.3 is 19.9 Å². The minimum absolute atomic E-state index is 0.220. The number of benzene rings is 2. The number of anilines is 1. The standard InChI is InChI=1S/C25H31FN4O2/c1-27-25(28-16-23(32-2)18-9-11-20(26)12-10-18)30-17-19(21-6-3-4-7-22(21)30)13-15-29-14-5-8-24(29)31/h3-4,6-7,9-12,19,23H,5,8,13-17H2,1-2H3,(H,27,28). The van der Waals surface area contributed by atoms with Gasteiger partial charge in [0.1, 0.15) is 5.82 Å². The zero-order chi connectivity index (χ0) is 22.5. The average Bonchev–Trinajstić information content (AvgIpc) is 3.39. The zero-order valence-electron chi connectivity index (χ0n) is 18.8. The molecule has 0 radical (unpaired) electrons. The molecule has 2 aromatic rings. The molecule has 170 valence electrons. The van der Waals surface area contributed by atoms with E-state index in [2.05, 4.69) is 33.4 Å². The van der Waals surface area contributed by atoms with Crippen molar-refractivity contribution in [2.24, 2.45) is 4.99 Å². The minimum atomic E-state index is -0.261. The molecule has 0 aliphatic carbocycles. The number of nitrogens with one attached hydrogen (secondary N) is 1. The monoisotopic (exact) mass is 438 g/mol. The van der Waals surface area contributed by atoms with Gasteiger partial charge in [-0.25, -0.2) is 4.39 Å². The van der Waals surface area contributed by atoms with E-state index in [1.807, 2.05) is 11.0 Å². The Labute approximate surface area is 189 Å². The number of carbonyl (C=O) groups excluding carboxylic acids is 1. The van der Waals surface area contributed by atoms with Gasteiger partial charge in [0.2, 0.25) is 5.91 Å². The average molecular weight is 439 g/mol.